The number of hydrogen-bond acceptors (Lipinski definition) is 4. The van der Waals surface area contributed by atoms with Crippen LogP contribution in [0.1, 0.15) is 24.2 Å². The molecule has 3 N–H and O–H groups in total. The molecule has 1 saturated heterocycles. The number of rotatable bonds is 3. The maximum atomic E-state index is 12.0. The van der Waals surface area contributed by atoms with Gasteiger partial charge in [0.2, 0.25) is 0 Å². The molecule has 1 heterocycles. The molecule has 0 spiro atoms. The highest BCUT2D eigenvalue weighted by molar-refractivity contribution is 6.31. The average Bonchev–Trinajstić information content (AvgIpc) is 2.66. The molecule has 0 bridgehead atoms. The Hall–Kier alpha value is -1.30. The van der Waals surface area contributed by atoms with E-state index in [-0.39, 0.29) is 12.0 Å². The van der Waals surface area contributed by atoms with Crippen molar-refractivity contribution < 1.29 is 14.3 Å². The summed E-state index contributed by atoms with van der Waals surface area (Å²) in [5, 5.41) is 3.28. The second-order valence-electron chi connectivity index (χ2n) is 4.89. The molecule has 1 fully saturated rings. The zero-order chi connectivity index (χ0) is 14.0. The van der Waals surface area contributed by atoms with Gasteiger partial charge in [0.05, 0.1) is 12.2 Å². The number of nitrogens with two attached hydrogens (primary N) is 1. The Labute approximate surface area is 117 Å². The van der Waals surface area contributed by atoms with Crippen molar-refractivity contribution in [2.75, 3.05) is 18.9 Å². The van der Waals surface area contributed by atoms with Crippen LogP contribution in [0.5, 0.6) is 0 Å². The zero-order valence-electron chi connectivity index (χ0n) is 10.9. The van der Waals surface area contributed by atoms with Crippen molar-refractivity contribution >= 4 is 23.2 Å². The van der Waals surface area contributed by atoms with Crippen LogP contribution in [0.2, 0.25) is 5.02 Å². The summed E-state index contributed by atoms with van der Waals surface area (Å²) in [6.07, 6.45) is -0.146. The Morgan fingerprint density at radius 3 is 2.89 bits per heavy atom. The van der Waals surface area contributed by atoms with E-state index in [0.717, 1.165) is 0 Å². The molecule has 0 radical (unpaired) electrons. The monoisotopic (exact) mass is 284 g/mol. The molecule has 1 amide bonds. The summed E-state index contributed by atoms with van der Waals surface area (Å²) >= 11 is 5.79. The predicted molar refractivity (Wildman–Crippen MR) is 73.1 cm³/mol. The minimum absolute atomic E-state index is 0.146. The molecule has 0 saturated carbocycles. The molecule has 0 aliphatic carbocycles. The van der Waals surface area contributed by atoms with Gasteiger partial charge in [-0.2, -0.15) is 0 Å². The number of ether oxygens (including phenoxy) is 2. The highest BCUT2D eigenvalue weighted by atomic mass is 35.5. The quantitative estimate of drug-likeness (QED) is 0.830. The van der Waals surface area contributed by atoms with E-state index in [1.54, 1.807) is 18.2 Å². The van der Waals surface area contributed by atoms with Gasteiger partial charge in [0, 0.05) is 17.3 Å². The molecule has 0 aromatic heterocycles. The van der Waals surface area contributed by atoms with Crippen molar-refractivity contribution in [3.05, 3.63) is 28.8 Å². The van der Waals surface area contributed by atoms with Gasteiger partial charge < -0.3 is 20.5 Å². The lowest BCUT2D eigenvalue weighted by Crippen LogP contribution is -2.34. The van der Waals surface area contributed by atoms with Gasteiger partial charge in [-0.3, -0.25) is 4.79 Å². The third-order valence-electron chi connectivity index (χ3n) is 2.82. The van der Waals surface area contributed by atoms with Gasteiger partial charge in [-0.25, -0.2) is 0 Å². The van der Waals surface area contributed by atoms with Gasteiger partial charge in [0.15, 0.2) is 5.79 Å². The molecule has 2 rings (SSSR count). The average molecular weight is 285 g/mol. The summed E-state index contributed by atoms with van der Waals surface area (Å²) in [5.41, 5.74) is 6.51. The molecular weight excluding hydrogens is 268 g/mol. The lowest BCUT2D eigenvalue weighted by atomic mass is 10.1. The maximum Gasteiger partial charge on any atom is 0.253 e. The van der Waals surface area contributed by atoms with Crippen LogP contribution in [0.15, 0.2) is 18.2 Å². The number of nitrogen functional groups attached to an aromatic ring is 1. The van der Waals surface area contributed by atoms with Crippen LogP contribution in [0, 0.1) is 0 Å². The number of hydrogen-bond donors (Lipinski definition) is 2. The van der Waals surface area contributed by atoms with Crippen molar-refractivity contribution in [3.8, 4) is 0 Å². The van der Waals surface area contributed by atoms with E-state index in [4.69, 9.17) is 26.8 Å². The molecule has 1 aromatic carbocycles. The lowest BCUT2D eigenvalue weighted by Gasteiger charge is -2.17. The van der Waals surface area contributed by atoms with Crippen molar-refractivity contribution in [1.29, 1.82) is 0 Å². The van der Waals surface area contributed by atoms with E-state index >= 15 is 0 Å². The van der Waals surface area contributed by atoms with E-state index in [0.29, 0.717) is 29.4 Å². The SMILES string of the molecule is CC1(C)OCC(CNC(=O)c2ccc(Cl)cc2N)O1. The summed E-state index contributed by atoms with van der Waals surface area (Å²) in [4.78, 5) is 12.0. The first-order valence-electron chi connectivity index (χ1n) is 6.02. The predicted octanol–water partition coefficient (Wildman–Crippen LogP) is 1.80. The Balaban J connectivity index is 1.91. The van der Waals surface area contributed by atoms with Crippen molar-refractivity contribution in [1.82, 2.24) is 5.32 Å². The second kappa shape index (κ2) is 5.36. The highest BCUT2D eigenvalue weighted by Crippen LogP contribution is 2.22. The van der Waals surface area contributed by atoms with E-state index in [1.165, 1.54) is 0 Å². The summed E-state index contributed by atoms with van der Waals surface area (Å²) < 4.78 is 11.0. The van der Waals surface area contributed by atoms with Gasteiger partial charge in [-0.05, 0) is 32.0 Å². The van der Waals surface area contributed by atoms with E-state index < -0.39 is 5.79 Å². The van der Waals surface area contributed by atoms with Gasteiger partial charge in [-0.15, -0.1) is 0 Å². The molecule has 6 heteroatoms. The molecule has 1 aromatic rings. The molecule has 1 aliphatic rings. The first-order chi connectivity index (χ1) is 8.87. The second-order valence-corrected chi connectivity index (χ2v) is 5.33. The number of halogens is 1. The Morgan fingerprint density at radius 2 is 2.32 bits per heavy atom. The first-order valence-corrected chi connectivity index (χ1v) is 6.40. The van der Waals surface area contributed by atoms with Gasteiger partial charge in [0.1, 0.15) is 6.10 Å². The van der Waals surface area contributed by atoms with Crippen LogP contribution in [0.4, 0.5) is 5.69 Å². The van der Waals surface area contributed by atoms with E-state index in [2.05, 4.69) is 5.32 Å². The number of anilines is 1. The normalized spacial score (nSPS) is 21.3. The van der Waals surface area contributed by atoms with Gasteiger partial charge >= 0.3 is 0 Å². The standard InChI is InChI=1S/C13H17ClN2O3/c1-13(2)18-7-9(19-13)6-16-12(17)10-4-3-8(14)5-11(10)15/h3-5,9H,6-7,15H2,1-2H3,(H,16,17). The number of carbonyl (C=O) groups is 1. The van der Waals surface area contributed by atoms with Crippen LogP contribution >= 0.6 is 11.6 Å². The number of amides is 1. The Kier molecular flexibility index (Phi) is 3.99. The molecular formula is C13H17ClN2O3. The lowest BCUT2D eigenvalue weighted by molar-refractivity contribution is -0.137. The maximum absolute atomic E-state index is 12.0. The molecule has 5 nitrogen and oxygen atoms in total. The number of benzene rings is 1. The minimum Gasteiger partial charge on any atom is -0.398 e. The third-order valence-corrected chi connectivity index (χ3v) is 3.05. The molecule has 1 unspecified atom stereocenters. The zero-order valence-corrected chi connectivity index (χ0v) is 11.7. The van der Waals surface area contributed by atoms with Crippen LogP contribution in [0.25, 0.3) is 0 Å². The summed E-state index contributed by atoms with van der Waals surface area (Å²) in [6.45, 7) is 4.52. The smallest absolute Gasteiger partial charge is 0.253 e. The minimum atomic E-state index is -0.589. The van der Waals surface area contributed by atoms with Crippen molar-refractivity contribution in [3.63, 3.8) is 0 Å². The summed E-state index contributed by atoms with van der Waals surface area (Å²) in [5.74, 6) is -0.836. The van der Waals surface area contributed by atoms with Crippen LogP contribution in [0.3, 0.4) is 0 Å². The summed E-state index contributed by atoms with van der Waals surface area (Å²) in [6, 6.07) is 4.78. The number of carbonyl (C=O) groups excluding carboxylic acids is 1. The van der Waals surface area contributed by atoms with Gasteiger partial charge in [0.25, 0.3) is 5.91 Å². The third kappa shape index (κ3) is 3.59. The van der Waals surface area contributed by atoms with Crippen molar-refractivity contribution in [2.24, 2.45) is 0 Å². The Bertz CT molecular complexity index is 491. The van der Waals surface area contributed by atoms with E-state index in [9.17, 15) is 4.79 Å². The molecule has 104 valence electrons. The Morgan fingerprint density at radius 1 is 1.58 bits per heavy atom. The molecule has 1 aliphatic heterocycles. The molecule has 19 heavy (non-hydrogen) atoms. The van der Waals surface area contributed by atoms with Crippen LogP contribution < -0.4 is 11.1 Å². The fourth-order valence-electron chi connectivity index (χ4n) is 1.91. The molecule has 1 atom stereocenters. The fraction of sp³-hybridized carbons (Fsp3) is 0.462. The first kappa shape index (κ1) is 14.1. The topological polar surface area (TPSA) is 73.6 Å². The van der Waals surface area contributed by atoms with Crippen LogP contribution in [-0.2, 0) is 9.47 Å². The van der Waals surface area contributed by atoms with E-state index in [1.807, 2.05) is 13.8 Å². The van der Waals surface area contributed by atoms with Gasteiger partial charge in [-0.1, -0.05) is 11.6 Å². The van der Waals surface area contributed by atoms with Crippen LogP contribution in [-0.4, -0.2) is 30.9 Å². The number of nitrogens with one attached hydrogen (secondary N) is 1. The summed E-state index contributed by atoms with van der Waals surface area (Å²) in [7, 11) is 0. The van der Waals surface area contributed by atoms with Crippen molar-refractivity contribution in [2.45, 2.75) is 25.7 Å². The highest BCUT2D eigenvalue weighted by Gasteiger charge is 2.32. The fourth-order valence-corrected chi connectivity index (χ4v) is 2.09. The largest absolute Gasteiger partial charge is 0.398 e.